The van der Waals surface area contributed by atoms with E-state index in [1.54, 1.807) is 41.5 Å². The van der Waals surface area contributed by atoms with Gasteiger partial charge in [0, 0.05) is 0 Å². The Labute approximate surface area is 114 Å². The van der Waals surface area contributed by atoms with E-state index < -0.39 is 34.8 Å². The normalized spacial score (nSPS) is 17.5. The summed E-state index contributed by atoms with van der Waals surface area (Å²) in [5.41, 5.74) is 2.06. The number of carbonyl (C=O) groups excluding carboxylic acids is 1. The van der Waals surface area contributed by atoms with Gasteiger partial charge in [-0.25, -0.2) is 9.59 Å². The van der Waals surface area contributed by atoms with Crippen LogP contribution < -0.4 is 5.73 Å². The molecule has 0 saturated carbocycles. The van der Waals surface area contributed by atoms with Crippen LogP contribution in [0.4, 0.5) is 0 Å². The van der Waals surface area contributed by atoms with Crippen LogP contribution in [0.25, 0.3) is 0 Å². The SMILES string of the molecule is CC(OC(C)(C)C)C(N)(C(=O)O)C(=O)OC(C)(C)C. The van der Waals surface area contributed by atoms with Crippen LogP contribution in [0.1, 0.15) is 48.5 Å². The number of aliphatic carboxylic acids is 1. The maximum Gasteiger partial charge on any atom is 0.341 e. The second-order valence-electron chi connectivity index (χ2n) is 6.55. The van der Waals surface area contributed by atoms with Crippen molar-refractivity contribution < 1.29 is 24.2 Å². The highest BCUT2D eigenvalue weighted by molar-refractivity contribution is 6.04. The van der Waals surface area contributed by atoms with Gasteiger partial charge in [-0.15, -0.1) is 0 Å². The Hall–Kier alpha value is -1.14. The van der Waals surface area contributed by atoms with E-state index >= 15 is 0 Å². The number of ether oxygens (including phenoxy) is 2. The first-order chi connectivity index (χ1) is 8.20. The van der Waals surface area contributed by atoms with Crippen LogP contribution in [0, 0.1) is 0 Å². The molecule has 6 heteroatoms. The Morgan fingerprint density at radius 2 is 1.47 bits per heavy atom. The van der Waals surface area contributed by atoms with Gasteiger partial charge in [-0.1, -0.05) is 0 Å². The lowest BCUT2D eigenvalue weighted by Crippen LogP contribution is -2.65. The average molecular weight is 275 g/mol. The highest BCUT2D eigenvalue weighted by Gasteiger charge is 2.52. The van der Waals surface area contributed by atoms with Gasteiger partial charge in [-0.3, -0.25) is 0 Å². The van der Waals surface area contributed by atoms with Gasteiger partial charge in [0.2, 0.25) is 5.54 Å². The van der Waals surface area contributed by atoms with E-state index in [0.717, 1.165) is 0 Å². The quantitative estimate of drug-likeness (QED) is 0.593. The third-order valence-corrected chi connectivity index (χ3v) is 2.26. The molecule has 3 N–H and O–H groups in total. The van der Waals surface area contributed by atoms with Crippen LogP contribution in [-0.2, 0) is 19.1 Å². The maximum absolute atomic E-state index is 12.0. The van der Waals surface area contributed by atoms with E-state index in [-0.39, 0.29) is 0 Å². The second kappa shape index (κ2) is 5.46. The van der Waals surface area contributed by atoms with E-state index in [1.165, 1.54) is 6.92 Å². The Kier molecular flexibility index (Phi) is 5.14. The number of carboxylic acids is 1. The molecule has 0 rings (SSSR count). The monoisotopic (exact) mass is 275 g/mol. The fraction of sp³-hybridized carbons (Fsp3) is 0.846. The Morgan fingerprint density at radius 3 is 1.74 bits per heavy atom. The summed E-state index contributed by atoms with van der Waals surface area (Å²) in [5.74, 6) is -2.48. The lowest BCUT2D eigenvalue weighted by molar-refractivity contribution is -0.181. The van der Waals surface area contributed by atoms with Crippen molar-refractivity contribution in [2.45, 2.75) is 71.3 Å². The first-order valence-corrected chi connectivity index (χ1v) is 6.13. The molecule has 2 unspecified atom stereocenters. The van der Waals surface area contributed by atoms with Crippen molar-refractivity contribution in [3.63, 3.8) is 0 Å². The molecule has 0 fully saturated rings. The van der Waals surface area contributed by atoms with Crippen molar-refractivity contribution in [2.24, 2.45) is 5.73 Å². The number of carbonyl (C=O) groups is 2. The minimum Gasteiger partial charge on any atom is -0.479 e. The number of carboxylic acid groups (broad SMARTS) is 1. The van der Waals surface area contributed by atoms with Crippen molar-refractivity contribution in [2.75, 3.05) is 0 Å². The summed E-state index contributed by atoms with van der Waals surface area (Å²) in [7, 11) is 0. The van der Waals surface area contributed by atoms with E-state index in [2.05, 4.69) is 0 Å². The molecule has 0 bridgehead atoms. The molecule has 0 saturated heterocycles. The summed E-state index contributed by atoms with van der Waals surface area (Å²) in [6.07, 6.45) is -1.03. The van der Waals surface area contributed by atoms with Gasteiger partial charge in [0.25, 0.3) is 0 Å². The molecule has 0 aliphatic carbocycles. The van der Waals surface area contributed by atoms with Gasteiger partial charge in [0.15, 0.2) is 0 Å². The van der Waals surface area contributed by atoms with E-state index in [4.69, 9.17) is 15.2 Å². The van der Waals surface area contributed by atoms with Crippen LogP contribution in [0.2, 0.25) is 0 Å². The number of nitrogens with two attached hydrogens (primary N) is 1. The van der Waals surface area contributed by atoms with Crippen molar-refractivity contribution in [3.05, 3.63) is 0 Å². The van der Waals surface area contributed by atoms with Crippen LogP contribution in [0.3, 0.4) is 0 Å². The first-order valence-electron chi connectivity index (χ1n) is 6.13. The van der Waals surface area contributed by atoms with Crippen LogP contribution in [-0.4, -0.2) is 39.9 Å². The molecule has 0 aliphatic heterocycles. The maximum atomic E-state index is 12.0. The third kappa shape index (κ3) is 5.16. The van der Waals surface area contributed by atoms with Crippen molar-refractivity contribution in [1.29, 1.82) is 0 Å². The molecular weight excluding hydrogens is 250 g/mol. The molecule has 0 aromatic rings. The number of hydrogen-bond acceptors (Lipinski definition) is 5. The van der Waals surface area contributed by atoms with Gasteiger partial charge < -0.3 is 20.3 Å². The summed E-state index contributed by atoms with van der Waals surface area (Å²) in [4.78, 5) is 23.4. The van der Waals surface area contributed by atoms with Crippen molar-refractivity contribution in [1.82, 2.24) is 0 Å². The van der Waals surface area contributed by atoms with Gasteiger partial charge in [0.1, 0.15) is 5.60 Å². The van der Waals surface area contributed by atoms with Crippen LogP contribution >= 0.6 is 0 Å². The molecule has 19 heavy (non-hydrogen) atoms. The van der Waals surface area contributed by atoms with Crippen LogP contribution in [0.15, 0.2) is 0 Å². The van der Waals surface area contributed by atoms with Crippen molar-refractivity contribution in [3.8, 4) is 0 Å². The van der Waals surface area contributed by atoms with E-state index in [0.29, 0.717) is 0 Å². The highest BCUT2D eigenvalue weighted by atomic mass is 16.6. The van der Waals surface area contributed by atoms with E-state index in [9.17, 15) is 14.7 Å². The zero-order chi connectivity index (χ0) is 15.6. The zero-order valence-electron chi connectivity index (χ0n) is 12.7. The number of hydrogen-bond donors (Lipinski definition) is 2. The fourth-order valence-corrected chi connectivity index (χ4v) is 1.41. The van der Waals surface area contributed by atoms with Gasteiger partial charge in [0.05, 0.1) is 11.7 Å². The summed E-state index contributed by atoms with van der Waals surface area (Å²) in [6.45, 7) is 11.6. The Bertz CT molecular complexity index is 353. The van der Waals surface area contributed by atoms with Gasteiger partial charge >= 0.3 is 11.9 Å². The molecule has 0 aliphatic rings. The molecule has 0 heterocycles. The highest BCUT2D eigenvalue weighted by Crippen LogP contribution is 2.22. The standard InChI is InChI=1S/C13H25NO5/c1-8(18-11(2,3)4)13(14,9(15)16)10(17)19-12(5,6)7/h8H,14H2,1-7H3,(H,15,16). The number of rotatable bonds is 4. The molecule has 2 atom stereocenters. The van der Waals surface area contributed by atoms with Gasteiger partial charge in [-0.2, -0.15) is 0 Å². The van der Waals surface area contributed by atoms with E-state index in [1.807, 2.05) is 0 Å². The molecular formula is C13H25NO5. The lowest BCUT2D eigenvalue weighted by atomic mass is 9.93. The minimum atomic E-state index is -2.24. The fourth-order valence-electron chi connectivity index (χ4n) is 1.41. The predicted molar refractivity (Wildman–Crippen MR) is 70.7 cm³/mol. The van der Waals surface area contributed by atoms with Crippen LogP contribution in [0.5, 0.6) is 0 Å². The predicted octanol–water partition coefficient (Wildman–Crippen LogP) is 1.31. The minimum absolute atomic E-state index is 0.624. The summed E-state index contributed by atoms with van der Waals surface area (Å²) in [5, 5.41) is 9.26. The number of esters is 1. The topological polar surface area (TPSA) is 98.9 Å². The average Bonchev–Trinajstić information content (AvgIpc) is 2.09. The molecule has 0 aromatic heterocycles. The second-order valence-corrected chi connectivity index (χ2v) is 6.55. The Balaban J connectivity index is 5.27. The Morgan fingerprint density at radius 1 is 1.05 bits per heavy atom. The summed E-state index contributed by atoms with van der Waals surface area (Å²) in [6, 6.07) is 0. The van der Waals surface area contributed by atoms with Gasteiger partial charge in [-0.05, 0) is 48.5 Å². The lowest BCUT2D eigenvalue weighted by Gasteiger charge is -2.35. The molecule has 0 spiro atoms. The smallest absolute Gasteiger partial charge is 0.341 e. The largest absolute Gasteiger partial charge is 0.479 e. The molecule has 0 aromatic carbocycles. The summed E-state index contributed by atoms with van der Waals surface area (Å²) < 4.78 is 10.6. The summed E-state index contributed by atoms with van der Waals surface area (Å²) >= 11 is 0. The molecule has 6 nitrogen and oxygen atoms in total. The molecule has 0 radical (unpaired) electrons. The zero-order valence-corrected chi connectivity index (χ0v) is 12.7. The first kappa shape index (κ1) is 17.9. The third-order valence-electron chi connectivity index (χ3n) is 2.26. The van der Waals surface area contributed by atoms with Crippen molar-refractivity contribution >= 4 is 11.9 Å². The molecule has 0 amide bonds. The molecule has 112 valence electrons.